The summed E-state index contributed by atoms with van der Waals surface area (Å²) >= 11 is 0. The molecule has 5 N–H and O–H groups in total. The Labute approximate surface area is 85.3 Å². The van der Waals surface area contributed by atoms with Gasteiger partial charge in [-0.3, -0.25) is 4.52 Å². The van der Waals surface area contributed by atoms with Crippen molar-refractivity contribution in [1.29, 1.82) is 0 Å². The van der Waals surface area contributed by atoms with Crippen molar-refractivity contribution in [2.75, 3.05) is 0 Å². The zero-order valence-electron chi connectivity index (χ0n) is 7.79. The van der Waals surface area contributed by atoms with Gasteiger partial charge < -0.3 is 29.8 Å². The van der Waals surface area contributed by atoms with E-state index in [0.29, 0.717) is 0 Å². The van der Waals surface area contributed by atoms with Crippen molar-refractivity contribution in [3.05, 3.63) is 0 Å². The first-order valence-electron chi connectivity index (χ1n) is 4.16. The van der Waals surface area contributed by atoms with Crippen LogP contribution in [0.1, 0.15) is 6.92 Å². The van der Waals surface area contributed by atoms with Crippen LogP contribution < -0.4 is 0 Å². The van der Waals surface area contributed by atoms with E-state index in [2.05, 4.69) is 4.52 Å². The third-order valence-corrected chi connectivity index (χ3v) is 2.53. The summed E-state index contributed by atoms with van der Waals surface area (Å²) in [5.41, 5.74) is 0. The molecular formula is C6H13O8P. The van der Waals surface area contributed by atoms with Crippen LogP contribution in [0.5, 0.6) is 0 Å². The first-order chi connectivity index (χ1) is 6.72. The Balaban J connectivity index is 2.71. The summed E-state index contributed by atoms with van der Waals surface area (Å²) in [7, 11) is -4.82. The maximum absolute atomic E-state index is 10.5. The van der Waals surface area contributed by atoms with Crippen LogP contribution in [-0.2, 0) is 13.8 Å². The number of aliphatic hydroxyl groups is 3. The van der Waals surface area contributed by atoms with Gasteiger partial charge in [-0.05, 0) is 6.92 Å². The topological polar surface area (TPSA) is 137 Å². The number of phosphoric acid groups is 1. The number of aliphatic hydroxyl groups excluding tert-OH is 3. The van der Waals surface area contributed by atoms with Gasteiger partial charge in [-0.2, -0.15) is 0 Å². The minimum atomic E-state index is -4.82. The van der Waals surface area contributed by atoms with Gasteiger partial charge in [-0.15, -0.1) is 0 Å². The Morgan fingerprint density at radius 3 is 2.13 bits per heavy atom. The van der Waals surface area contributed by atoms with Crippen molar-refractivity contribution in [3.63, 3.8) is 0 Å². The van der Waals surface area contributed by atoms with Gasteiger partial charge in [0, 0.05) is 0 Å². The average Bonchev–Trinajstić information content (AvgIpc) is 2.08. The van der Waals surface area contributed by atoms with Crippen molar-refractivity contribution in [2.24, 2.45) is 0 Å². The molecule has 0 aromatic heterocycles. The molecule has 0 radical (unpaired) electrons. The third kappa shape index (κ3) is 3.20. The zero-order chi connectivity index (χ0) is 11.8. The van der Waals surface area contributed by atoms with Gasteiger partial charge in [0.15, 0.2) is 6.29 Å². The molecule has 0 bridgehead atoms. The molecule has 1 rings (SSSR count). The van der Waals surface area contributed by atoms with Gasteiger partial charge in [0.2, 0.25) is 0 Å². The molecule has 0 aromatic carbocycles. The van der Waals surface area contributed by atoms with Crippen LogP contribution >= 0.6 is 7.82 Å². The third-order valence-electron chi connectivity index (χ3n) is 2.05. The maximum atomic E-state index is 10.5. The minimum absolute atomic E-state index is 0.903. The molecule has 8 nitrogen and oxygen atoms in total. The molecule has 1 aliphatic rings. The first kappa shape index (κ1) is 13.0. The lowest BCUT2D eigenvalue weighted by Crippen LogP contribution is -2.57. The Morgan fingerprint density at radius 1 is 1.13 bits per heavy atom. The normalized spacial score (nSPS) is 42.9. The molecule has 1 aliphatic heterocycles. The second-order valence-electron chi connectivity index (χ2n) is 3.28. The molecule has 15 heavy (non-hydrogen) atoms. The zero-order valence-corrected chi connectivity index (χ0v) is 8.69. The molecule has 1 fully saturated rings. The number of rotatable bonds is 2. The highest BCUT2D eigenvalue weighted by Crippen LogP contribution is 2.40. The lowest BCUT2D eigenvalue weighted by Gasteiger charge is -2.38. The number of phosphoric ester groups is 1. The van der Waals surface area contributed by atoms with Gasteiger partial charge in [0.1, 0.15) is 18.3 Å². The lowest BCUT2D eigenvalue weighted by atomic mass is 10.0. The molecule has 0 unspecified atom stereocenters. The predicted octanol–water partition coefficient (Wildman–Crippen LogP) is -2.08. The van der Waals surface area contributed by atoms with Crippen LogP contribution in [0.15, 0.2) is 0 Å². The summed E-state index contributed by atoms with van der Waals surface area (Å²) in [6.07, 6.45) is -7.20. The second-order valence-corrected chi connectivity index (χ2v) is 4.47. The van der Waals surface area contributed by atoms with Crippen LogP contribution in [0.25, 0.3) is 0 Å². The van der Waals surface area contributed by atoms with Crippen molar-refractivity contribution in [1.82, 2.24) is 0 Å². The van der Waals surface area contributed by atoms with E-state index in [-0.39, 0.29) is 0 Å². The fourth-order valence-corrected chi connectivity index (χ4v) is 1.68. The van der Waals surface area contributed by atoms with Crippen LogP contribution in [0.4, 0.5) is 0 Å². The first-order valence-corrected chi connectivity index (χ1v) is 5.69. The van der Waals surface area contributed by atoms with Crippen molar-refractivity contribution >= 4 is 7.82 Å². The largest absolute Gasteiger partial charge is 0.472 e. The molecule has 0 spiro atoms. The molecule has 0 amide bonds. The van der Waals surface area contributed by atoms with Crippen molar-refractivity contribution in [2.45, 2.75) is 37.6 Å². The fourth-order valence-electron chi connectivity index (χ4n) is 1.24. The SMILES string of the molecule is C[C@@H]1O[C@@H](OP(=O)(O)O)[C@H](O)[C@H](O)[C@@H]1O. The molecule has 9 heteroatoms. The highest BCUT2D eigenvalue weighted by atomic mass is 31.2. The maximum Gasteiger partial charge on any atom is 0.472 e. The standard InChI is InChI=1S/C6H13O8P/c1-2-3(7)4(8)5(9)6(13-2)14-15(10,11)12/h2-9H,1H3,(H2,10,11,12)/t2-,3+,4+,5+,6-/m0/s1. The Bertz CT molecular complexity index is 264. The molecule has 1 saturated heterocycles. The van der Waals surface area contributed by atoms with Gasteiger partial charge >= 0.3 is 7.82 Å². The fraction of sp³-hybridized carbons (Fsp3) is 1.00. The van der Waals surface area contributed by atoms with E-state index in [9.17, 15) is 19.9 Å². The van der Waals surface area contributed by atoms with Gasteiger partial charge in [-0.1, -0.05) is 0 Å². The van der Waals surface area contributed by atoms with Gasteiger partial charge in [0.25, 0.3) is 0 Å². The van der Waals surface area contributed by atoms with E-state index in [1.165, 1.54) is 6.92 Å². The van der Waals surface area contributed by atoms with E-state index < -0.39 is 38.5 Å². The van der Waals surface area contributed by atoms with Crippen molar-refractivity contribution < 1.29 is 38.9 Å². The summed E-state index contributed by atoms with van der Waals surface area (Å²) in [4.78, 5) is 17.0. The molecule has 90 valence electrons. The van der Waals surface area contributed by atoms with E-state index in [0.717, 1.165) is 0 Å². The highest BCUT2D eigenvalue weighted by molar-refractivity contribution is 7.46. The van der Waals surface area contributed by atoms with E-state index in [4.69, 9.17) is 14.5 Å². The van der Waals surface area contributed by atoms with Crippen molar-refractivity contribution in [3.8, 4) is 0 Å². The molecule has 0 saturated carbocycles. The van der Waals surface area contributed by atoms with Gasteiger partial charge in [-0.25, -0.2) is 4.57 Å². The summed E-state index contributed by atoms with van der Waals surface area (Å²) < 4.78 is 19.4. The number of hydrogen-bond donors (Lipinski definition) is 5. The Kier molecular flexibility index (Phi) is 3.85. The average molecular weight is 244 g/mol. The molecule has 0 aromatic rings. The summed E-state index contributed by atoms with van der Waals surface area (Å²) in [5.74, 6) is 0. The van der Waals surface area contributed by atoms with Crippen LogP contribution in [0.2, 0.25) is 0 Å². The minimum Gasteiger partial charge on any atom is -0.388 e. The molecule has 1 heterocycles. The van der Waals surface area contributed by atoms with Gasteiger partial charge in [0.05, 0.1) is 6.10 Å². The van der Waals surface area contributed by atoms with E-state index in [1.54, 1.807) is 0 Å². The summed E-state index contributed by atoms with van der Waals surface area (Å²) in [6, 6.07) is 0. The number of hydrogen-bond acceptors (Lipinski definition) is 6. The quantitative estimate of drug-likeness (QED) is 0.349. The smallest absolute Gasteiger partial charge is 0.388 e. The van der Waals surface area contributed by atoms with Crippen LogP contribution in [-0.4, -0.2) is 55.8 Å². The highest BCUT2D eigenvalue weighted by Gasteiger charge is 2.44. The summed E-state index contributed by atoms with van der Waals surface area (Å²) in [5, 5.41) is 27.8. The Hall–Kier alpha value is -0.0500. The molecule has 5 atom stereocenters. The molecule has 0 aliphatic carbocycles. The number of ether oxygens (including phenoxy) is 1. The van der Waals surface area contributed by atoms with E-state index in [1.807, 2.05) is 0 Å². The lowest BCUT2D eigenvalue weighted by molar-refractivity contribution is -0.271. The summed E-state index contributed by atoms with van der Waals surface area (Å²) in [6.45, 7) is 1.37. The second kappa shape index (κ2) is 4.44. The van der Waals surface area contributed by atoms with E-state index >= 15 is 0 Å². The van der Waals surface area contributed by atoms with Crippen LogP contribution in [0, 0.1) is 0 Å². The predicted molar refractivity (Wildman–Crippen MR) is 45.5 cm³/mol. The monoisotopic (exact) mass is 244 g/mol. The molecular weight excluding hydrogens is 231 g/mol. The van der Waals surface area contributed by atoms with Crippen LogP contribution in [0.3, 0.4) is 0 Å². The Morgan fingerprint density at radius 2 is 1.67 bits per heavy atom.